The van der Waals surface area contributed by atoms with Crippen molar-refractivity contribution in [2.75, 3.05) is 12.4 Å². The van der Waals surface area contributed by atoms with Gasteiger partial charge in [0.15, 0.2) is 0 Å². The fourth-order valence-electron chi connectivity index (χ4n) is 3.60. The zero-order valence-electron chi connectivity index (χ0n) is 14.3. The Labute approximate surface area is 151 Å². The predicted molar refractivity (Wildman–Crippen MR) is 102 cm³/mol. The van der Waals surface area contributed by atoms with E-state index in [1.165, 1.54) is 52.8 Å². The molecule has 2 heterocycles. The van der Waals surface area contributed by atoms with Crippen LogP contribution in [-0.4, -0.2) is 17.1 Å². The Hall–Kier alpha value is -2.14. The molecule has 0 aliphatic heterocycles. The number of methoxy groups -OCH3 is 1. The van der Waals surface area contributed by atoms with Gasteiger partial charge in [0.2, 0.25) is 0 Å². The SMILES string of the molecule is COc1ccc(Nc2nc(C3CC3)nc3sc4c(c23)CCCC4)cc1. The van der Waals surface area contributed by atoms with Gasteiger partial charge in [-0.2, -0.15) is 0 Å². The maximum Gasteiger partial charge on any atom is 0.143 e. The van der Waals surface area contributed by atoms with Crippen molar-refractivity contribution in [3.63, 3.8) is 0 Å². The van der Waals surface area contributed by atoms with Gasteiger partial charge in [0.05, 0.1) is 12.5 Å². The van der Waals surface area contributed by atoms with Gasteiger partial charge in [0, 0.05) is 16.5 Å². The Morgan fingerprint density at radius 1 is 1.08 bits per heavy atom. The third kappa shape index (κ3) is 2.76. The van der Waals surface area contributed by atoms with Gasteiger partial charge < -0.3 is 10.1 Å². The number of anilines is 2. The van der Waals surface area contributed by atoms with Crippen molar-refractivity contribution in [2.24, 2.45) is 0 Å². The maximum atomic E-state index is 5.26. The van der Waals surface area contributed by atoms with Crippen molar-refractivity contribution >= 4 is 33.1 Å². The molecule has 0 spiro atoms. The maximum absolute atomic E-state index is 5.26. The lowest BCUT2D eigenvalue weighted by atomic mass is 9.97. The molecular weight excluding hydrogens is 330 g/mol. The number of thiophene rings is 1. The predicted octanol–water partition coefficient (Wildman–Crippen LogP) is 5.20. The Kier molecular flexibility index (Phi) is 3.63. The van der Waals surface area contributed by atoms with E-state index in [2.05, 4.69) is 5.32 Å². The highest BCUT2D eigenvalue weighted by Crippen LogP contribution is 2.43. The second-order valence-corrected chi connectivity index (χ2v) is 8.03. The van der Waals surface area contributed by atoms with Gasteiger partial charge in [-0.3, -0.25) is 0 Å². The molecule has 2 aliphatic rings. The van der Waals surface area contributed by atoms with Crippen LogP contribution in [0.25, 0.3) is 10.2 Å². The van der Waals surface area contributed by atoms with Crippen LogP contribution in [0.3, 0.4) is 0 Å². The van der Waals surface area contributed by atoms with Crippen LogP contribution in [0.4, 0.5) is 11.5 Å². The normalized spacial score (nSPS) is 16.7. The van der Waals surface area contributed by atoms with E-state index in [9.17, 15) is 0 Å². The molecule has 2 aromatic heterocycles. The molecule has 0 unspecified atom stereocenters. The van der Waals surface area contributed by atoms with Crippen LogP contribution in [0.15, 0.2) is 24.3 Å². The molecule has 3 aromatic rings. The molecule has 0 radical (unpaired) electrons. The summed E-state index contributed by atoms with van der Waals surface area (Å²) in [7, 11) is 1.69. The number of hydrogen-bond acceptors (Lipinski definition) is 5. The van der Waals surface area contributed by atoms with Crippen LogP contribution < -0.4 is 10.1 Å². The zero-order chi connectivity index (χ0) is 16.8. The van der Waals surface area contributed by atoms with Crippen molar-refractivity contribution in [1.29, 1.82) is 0 Å². The molecule has 1 saturated carbocycles. The Morgan fingerprint density at radius 2 is 1.88 bits per heavy atom. The lowest BCUT2D eigenvalue weighted by Gasteiger charge is -2.13. The van der Waals surface area contributed by atoms with Crippen LogP contribution in [0.5, 0.6) is 5.75 Å². The number of ether oxygens (including phenoxy) is 1. The summed E-state index contributed by atoms with van der Waals surface area (Å²) in [5.74, 6) is 3.42. The first kappa shape index (κ1) is 15.1. The fourth-order valence-corrected chi connectivity index (χ4v) is 4.87. The number of hydrogen-bond donors (Lipinski definition) is 1. The molecule has 4 nitrogen and oxygen atoms in total. The summed E-state index contributed by atoms with van der Waals surface area (Å²) in [5.41, 5.74) is 2.52. The molecule has 1 fully saturated rings. The van der Waals surface area contributed by atoms with E-state index in [4.69, 9.17) is 14.7 Å². The number of rotatable bonds is 4. The van der Waals surface area contributed by atoms with Gasteiger partial charge in [-0.25, -0.2) is 9.97 Å². The molecular formula is C20H21N3OS. The number of aryl methyl sites for hydroxylation is 2. The average molecular weight is 351 g/mol. The average Bonchev–Trinajstić information content (AvgIpc) is 3.43. The van der Waals surface area contributed by atoms with Gasteiger partial charge in [0.1, 0.15) is 22.2 Å². The minimum atomic E-state index is 0.556. The van der Waals surface area contributed by atoms with Crippen LogP contribution in [0.2, 0.25) is 0 Å². The molecule has 5 rings (SSSR count). The van der Waals surface area contributed by atoms with Gasteiger partial charge in [-0.05, 0) is 68.4 Å². The topological polar surface area (TPSA) is 47.0 Å². The molecule has 0 amide bonds. The van der Waals surface area contributed by atoms with Crippen molar-refractivity contribution in [3.05, 3.63) is 40.5 Å². The summed E-state index contributed by atoms with van der Waals surface area (Å²) in [4.78, 5) is 12.5. The third-order valence-corrected chi connectivity index (χ3v) is 6.31. The molecule has 1 aromatic carbocycles. The van der Waals surface area contributed by atoms with Gasteiger partial charge in [0.25, 0.3) is 0 Å². The van der Waals surface area contributed by atoms with Crippen molar-refractivity contribution in [1.82, 2.24) is 9.97 Å². The summed E-state index contributed by atoms with van der Waals surface area (Å²) in [6, 6.07) is 8.04. The Morgan fingerprint density at radius 3 is 2.64 bits per heavy atom. The molecule has 25 heavy (non-hydrogen) atoms. The number of nitrogens with one attached hydrogen (secondary N) is 1. The monoisotopic (exact) mass is 351 g/mol. The van der Waals surface area contributed by atoms with Gasteiger partial charge in [-0.1, -0.05) is 0 Å². The molecule has 5 heteroatoms. The van der Waals surface area contributed by atoms with Crippen LogP contribution >= 0.6 is 11.3 Å². The largest absolute Gasteiger partial charge is 0.497 e. The van der Waals surface area contributed by atoms with E-state index in [0.717, 1.165) is 29.5 Å². The summed E-state index contributed by atoms with van der Waals surface area (Å²) >= 11 is 1.88. The van der Waals surface area contributed by atoms with Crippen molar-refractivity contribution < 1.29 is 4.74 Å². The fraction of sp³-hybridized carbons (Fsp3) is 0.400. The quantitative estimate of drug-likeness (QED) is 0.702. The van der Waals surface area contributed by atoms with Gasteiger partial charge >= 0.3 is 0 Å². The summed E-state index contributed by atoms with van der Waals surface area (Å²) in [6.45, 7) is 0. The number of aromatic nitrogens is 2. The minimum Gasteiger partial charge on any atom is -0.497 e. The first-order valence-electron chi connectivity index (χ1n) is 9.05. The first-order chi connectivity index (χ1) is 12.3. The molecule has 2 aliphatic carbocycles. The lowest BCUT2D eigenvalue weighted by Crippen LogP contribution is -2.03. The van der Waals surface area contributed by atoms with Crippen LogP contribution in [0, 0.1) is 0 Å². The van der Waals surface area contributed by atoms with Crippen molar-refractivity contribution in [2.45, 2.75) is 44.4 Å². The van der Waals surface area contributed by atoms with E-state index in [-0.39, 0.29) is 0 Å². The number of fused-ring (bicyclic) bond motifs is 3. The lowest BCUT2D eigenvalue weighted by molar-refractivity contribution is 0.415. The summed E-state index contributed by atoms with van der Waals surface area (Å²) < 4.78 is 5.26. The Bertz CT molecular complexity index is 928. The van der Waals surface area contributed by atoms with Crippen LogP contribution in [-0.2, 0) is 12.8 Å². The second kappa shape index (κ2) is 5.99. The summed E-state index contributed by atoms with van der Waals surface area (Å²) in [5, 5.41) is 4.81. The highest BCUT2D eigenvalue weighted by Gasteiger charge is 2.29. The second-order valence-electron chi connectivity index (χ2n) is 6.95. The van der Waals surface area contributed by atoms with E-state index >= 15 is 0 Å². The van der Waals surface area contributed by atoms with Crippen LogP contribution in [0.1, 0.15) is 47.9 Å². The van der Waals surface area contributed by atoms with Gasteiger partial charge in [-0.15, -0.1) is 11.3 Å². The van der Waals surface area contributed by atoms with E-state index < -0.39 is 0 Å². The molecule has 1 N–H and O–H groups in total. The highest BCUT2D eigenvalue weighted by atomic mass is 32.1. The smallest absolute Gasteiger partial charge is 0.143 e. The summed E-state index contributed by atoms with van der Waals surface area (Å²) in [6.07, 6.45) is 7.35. The zero-order valence-corrected chi connectivity index (χ0v) is 15.2. The Balaban J connectivity index is 1.62. The molecule has 128 valence electrons. The first-order valence-corrected chi connectivity index (χ1v) is 9.87. The standard InChI is InChI=1S/C20H21N3OS/c1-24-14-10-8-13(9-11-14)21-19-17-15-4-2-3-5-16(15)25-20(17)23-18(22-19)12-6-7-12/h8-12H,2-7H2,1H3,(H,21,22,23). The highest BCUT2D eigenvalue weighted by molar-refractivity contribution is 7.19. The van der Waals surface area contributed by atoms with E-state index in [1.807, 2.05) is 35.6 Å². The molecule has 0 bridgehead atoms. The van der Waals surface area contributed by atoms with Crippen molar-refractivity contribution in [3.8, 4) is 5.75 Å². The number of benzene rings is 1. The molecule has 0 saturated heterocycles. The van der Waals surface area contributed by atoms with E-state index in [1.54, 1.807) is 7.11 Å². The number of nitrogens with zero attached hydrogens (tertiary/aromatic N) is 2. The minimum absolute atomic E-state index is 0.556. The van der Waals surface area contributed by atoms with E-state index in [0.29, 0.717) is 5.92 Å². The third-order valence-electron chi connectivity index (χ3n) is 5.13. The molecule has 0 atom stereocenters.